The number of hydrogen-bond donors (Lipinski definition) is 4. The van der Waals surface area contributed by atoms with E-state index in [1.165, 1.54) is 12.1 Å². The van der Waals surface area contributed by atoms with Crippen LogP contribution in [-0.2, 0) is 0 Å². The van der Waals surface area contributed by atoms with Crippen LogP contribution < -0.4 is 16.0 Å². The van der Waals surface area contributed by atoms with Gasteiger partial charge >= 0.3 is 0 Å². The number of imidazole rings is 1. The van der Waals surface area contributed by atoms with Gasteiger partial charge in [0.2, 0.25) is 0 Å². The Morgan fingerprint density at radius 2 is 2.24 bits per heavy atom. The van der Waals surface area contributed by atoms with Gasteiger partial charge in [-0.05, 0) is 37.1 Å². The van der Waals surface area contributed by atoms with Gasteiger partial charge in [-0.2, -0.15) is 0 Å². The quantitative estimate of drug-likeness (QED) is 0.510. The Hall–Kier alpha value is -2.71. The van der Waals surface area contributed by atoms with Gasteiger partial charge in [0.05, 0.1) is 12.3 Å². The number of aromatic nitrogens is 3. The Labute approximate surface area is 169 Å². The van der Waals surface area contributed by atoms with E-state index >= 15 is 0 Å². The van der Waals surface area contributed by atoms with Gasteiger partial charge in [0, 0.05) is 36.6 Å². The second-order valence-corrected chi connectivity index (χ2v) is 7.84. The monoisotopic (exact) mass is 398 g/mol. The fourth-order valence-corrected chi connectivity index (χ4v) is 3.68. The van der Waals surface area contributed by atoms with Gasteiger partial charge in [-0.1, -0.05) is 19.9 Å². The summed E-state index contributed by atoms with van der Waals surface area (Å²) in [7, 11) is 0. The van der Waals surface area contributed by atoms with Crippen LogP contribution in [-0.4, -0.2) is 45.2 Å². The first-order valence-corrected chi connectivity index (χ1v) is 10.0. The van der Waals surface area contributed by atoms with Gasteiger partial charge in [-0.3, -0.25) is 4.40 Å². The minimum absolute atomic E-state index is 0.167. The van der Waals surface area contributed by atoms with Crippen molar-refractivity contribution in [2.45, 2.75) is 32.3 Å². The maximum Gasteiger partial charge on any atom is 0.180 e. The fourth-order valence-electron chi connectivity index (χ4n) is 3.68. The summed E-state index contributed by atoms with van der Waals surface area (Å²) in [6.45, 7) is 6.38. The van der Waals surface area contributed by atoms with Crippen molar-refractivity contribution in [3.05, 3.63) is 48.2 Å². The molecule has 0 spiro atoms. The Bertz CT molecular complexity index is 988. The predicted octanol–water partition coefficient (Wildman–Crippen LogP) is 3.12. The number of β-amino-alcohol motifs (C(OH)–C–C–N with tert-alkyl or cyclic N) is 1. The Morgan fingerprint density at radius 1 is 1.38 bits per heavy atom. The van der Waals surface area contributed by atoms with Crippen molar-refractivity contribution in [2.75, 3.05) is 30.3 Å². The number of nitrogens with one attached hydrogen (secondary N) is 3. The molecule has 154 valence electrons. The summed E-state index contributed by atoms with van der Waals surface area (Å²) in [6.07, 6.45) is 4.32. The molecular weight excluding hydrogens is 371 g/mol. The third-order valence-corrected chi connectivity index (χ3v) is 5.33. The van der Waals surface area contributed by atoms with Gasteiger partial charge in [0.15, 0.2) is 11.5 Å². The average molecular weight is 398 g/mol. The van der Waals surface area contributed by atoms with E-state index in [4.69, 9.17) is 0 Å². The van der Waals surface area contributed by atoms with E-state index in [1.807, 2.05) is 16.8 Å². The van der Waals surface area contributed by atoms with E-state index < -0.39 is 0 Å². The van der Waals surface area contributed by atoms with Gasteiger partial charge in [0.25, 0.3) is 0 Å². The summed E-state index contributed by atoms with van der Waals surface area (Å²) in [6, 6.07) is 6.28. The zero-order valence-electron chi connectivity index (χ0n) is 16.7. The van der Waals surface area contributed by atoms with Crippen LogP contribution in [0.25, 0.3) is 5.65 Å². The number of halogens is 1. The number of aliphatic hydroxyl groups excluding tert-OH is 1. The summed E-state index contributed by atoms with van der Waals surface area (Å²) in [5, 5.41) is 20.0. The molecule has 1 aliphatic heterocycles. The average Bonchev–Trinajstić information content (AvgIpc) is 3.12. The van der Waals surface area contributed by atoms with E-state index in [-0.39, 0.29) is 23.8 Å². The van der Waals surface area contributed by atoms with Gasteiger partial charge in [0.1, 0.15) is 11.6 Å². The highest BCUT2D eigenvalue weighted by molar-refractivity contribution is 5.72. The topological polar surface area (TPSA) is 86.5 Å². The van der Waals surface area contributed by atoms with Crippen molar-refractivity contribution >= 4 is 23.0 Å². The lowest BCUT2D eigenvalue weighted by Gasteiger charge is -2.28. The molecule has 7 nitrogen and oxygen atoms in total. The van der Waals surface area contributed by atoms with Crippen LogP contribution in [0.5, 0.6) is 0 Å². The van der Waals surface area contributed by atoms with Gasteiger partial charge in [-0.15, -0.1) is 0 Å². The van der Waals surface area contributed by atoms with Crippen LogP contribution in [0.15, 0.2) is 36.7 Å². The molecule has 4 N–H and O–H groups in total. The van der Waals surface area contributed by atoms with Crippen molar-refractivity contribution in [1.82, 2.24) is 19.7 Å². The van der Waals surface area contributed by atoms with Crippen molar-refractivity contribution in [3.63, 3.8) is 0 Å². The van der Waals surface area contributed by atoms with Crippen molar-refractivity contribution in [1.29, 1.82) is 0 Å². The molecule has 1 aliphatic rings. The van der Waals surface area contributed by atoms with E-state index in [0.717, 1.165) is 18.7 Å². The van der Waals surface area contributed by atoms with Gasteiger partial charge in [-0.25, -0.2) is 14.4 Å². The number of aliphatic hydroxyl groups is 1. The molecular formula is C21H27FN6O. The fraction of sp³-hybridized carbons (Fsp3) is 0.429. The molecule has 2 atom stereocenters. The minimum Gasteiger partial charge on any atom is -0.391 e. The van der Waals surface area contributed by atoms with Crippen molar-refractivity contribution < 1.29 is 9.50 Å². The maximum atomic E-state index is 13.6. The van der Waals surface area contributed by atoms with Crippen LogP contribution >= 0.6 is 0 Å². The van der Waals surface area contributed by atoms with Crippen molar-refractivity contribution in [3.8, 4) is 0 Å². The maximum absolute atomic E-state index is 13.6. The molecule has 8 heteroatoms. The minimum atomic E-state index is -0.371. The Kier molecular flexibility index (Phi) is 5.64. The molecule has 3 heterocycles. The normalized spacial score (nSPS) is 19.6. The molecule has 3 aromatic rings. The molecule has 0 amide bonds. The van der Waals surface area contributed by atoms with Crippen LogP contribution in [0.3, 0.4) is 0 Å². The van der Waals surface area contributed by atoms with Crippen LogP contribution in [0.2, 0.25) is 0 Å². The van der Waals surface area contributed by atoms with Crippen LogP contribution in [0, 0.1) is 11.7 Å². The lowest BCUT2D eigenvalue weighted by Crippen LogP contribution is -2.43. The van der Waals surface area contributed by atoms with Crippen LogP contribution in [0.1, 0.15) is 31.9 Å². The number of piperidine rings is 1. The Balaban J connectivity index is 1.65. The first kappa shape index (κ1) is 19.6. The summed E-state index contributed by atoms with van der Waals surface area (Å²) >= 11 is 0. The molecule has 0 bridgehead atoms. The zero-order chi connectivity index (χ0) is 20.4. The largest absolute Gasteiger partial charge is 0.391 e. The van der Waals surface area contributed by atoms with E-state index in [1.54, 1.807) is 12.1 Å². The Morgan fingerprint density at radius 3 is 3.00 bits per heavy atom. The number of fused-ring (bicyclic) bond motifs is 1. The summed E-state index contributed by atoms with van der Waals surface area (Å²) in [5.41, 5.74) is 2.36. The van der Waals surface area contributed by atoms with Crippen LogP contribution in [0.4, 0.5) is 21.7 Å². The molecule has 1 aromatic carbocycles. The lowest BCUT2D eigenvalue weighted by atomic mass is 9.95. The highest BCUT2D eigenvalue weighted by Gasteiger charge is 2.23. The highest BCUT2D eigenvalue weighted by atomic mass is 19.1. The molecule has 2 aromatic heterocycles. The van der Waals surface area contributed by atoms with Gasteiger partial charge < -0.3 is 21.1 Å². The second-order valence-electron chi connectivity index (χ2n) is 7.84. The smallest absolute Gasteiger partial charge is 0.180 e. The molecule has 0 unspecified atom stereocenters. The number of benzene rings is 1. The van der Waals surface area contributed by atoms with Crippen molar-refractivity contribution in [2.24, 2.45) is 5.92 Å². The van der Waals surface area contributed by atoms with E-state index in [2.05, 4.69) is 39.8 Å². The third kappa shape index (κ3) is 4.33. The number of nitrogens with zero attached hydrogens (tertiary/aromatic N) is 3. The molecule has 1 saturated heterocycles. The number of anilines is 3. The summed E-state index contributed by atoms with van der Waals surface area (Å²) in [5.74, 6) is 1.38. The molecule has 0 aliphatic carbocycles. The molecule has 29 heavy (non-hydrogen) atoms. The number of rotatable bonds is 6. The SMILES string of the molecule is CC(C)c1cnc2c(Nc3cccc(F)c3)nc(NC[C@H]3CCNC[C@@H]3O)cn12. The van der Waals surface area contributed by atoms with E-state index in [0.29, 0.717) is 36.1 Å². The van der Waals surface area contributed by atoms with E-state index in [9.17, 15) is 9.50 Å². The molecule has 0 radical (unpaired) electrons. The first-order valence-electron chi connectivity index (χ1n) is 10.0. The zero-order valence-corrected chi connectivity index (χ0v) is 16.7. The first-order chi connectivity index (χ1) is 14.0. The predicted molar refractivity (Wildman–Crippen MR) is 112 cm³/mol. The lowest BCUT2D eigenvalue weighted by molar-refractivity contribution is 0.0883. The highest BCUT2D eigenvalue weighted by Crippen LogP contribution is 2.26. The summed E-state index contributed by atoms with van der Waals surface area (Å²) in [4.78, 5) is 9.21. The number of hydrogen-bond acceptors (Lipinski definition) is 6. The molecule has 1 fully saturated rings. The second kappa shape index (κ2) is 8.34. The standard InChI is InChI=1S/C21H27FN6O/c1-13(2)17-10-25-21-20(26-16-5-3-4-15(22)8-16)27-19(12-28(17)21)24-9-14-6-7-23-11-18(14)29/h3-5,8,10,12-14,18,23-24,29H,6-7,9,11H2,1-2H3,(H,26,27)/t14-,18+/m1/s1. The molecule has 4 rings (SSSR count). The third-order valence-electron chi connectivity index (χ3n) is 5.33. The summed E-state index contributed by atoms with van der Waals surface area (Å²) < 4.78 is 15.6. The molecule has 0 saturated carbocycles.